The highest BCUT2D eigenvalue weighted by atomic mass is 32.2. The third kappa shape index (κ3) is 4.29. The zero-order valence-electron chi connectivity index (χ0n) is 13.7. The van der Waals surface area contributed by atoms with E-state index < -0.39 is 32.6 Å². The Bertz CT molecular complexity index is 1090. The van der Waals surface area contributed by atoms with Crippen molar-refractivity contribution in [3.8, 4) is 5.75 Å². The highest BCUT2D eigenvalue weighted by molar-refractivity contribution is 7.87. The van der Waals surface area contributed by atoms with Gasteiger partial charge in [-0.25, -0.2) is 8.78 Å². The molecular formula is C19H13F2NO4S. The molecule has 3 aromatic carbocycles. The van der Waals surface area contributed by atoms with Crippen molar-refractivity contribution in [1.82, 2.24) is 0 Å². The molecule has 0 saturated heterocycles. The lowest BCUT2D eigenvalue weighted by Gasteiger charge is -2.12. The molecule has 0 atom stereocenters. The van der Waals surface area contributed by atoms with Crippen LogP contribution in [0.2, 0.25) is 0 Å². The topological polar surface area (TPSA) is 72.5 Å². The van der Waals surface area contributed by atoms with Crippen LogP contribution < -0.4 is 9.50 Å². The third-order valence-electron chi connectivity index (χ3n) is 3.53. The Labute approximate surface area is 154 Å². The number of carbonyl (C=O) groups is 1. The van der Waals surface area contributed by atoms with Crippen molar-refractivity contribution >= 4 is 21.7 Å². The molecule has 27 heavy (non-hydrogen) atoms. The fourth-order valence-corrected chi connectivity index (χ4v) is 3.31. The molecule has 138 valence electrons. The van der Waals surface area contributed by atoms with Crippen molar-refractivity contribution in [2.24, 2.45) is 0 Å². The summed E-state index contributed by atoms with van der Waals surface area (Å²) >= 11 is 0. The maximum atomic E-state index is 13.8. The van der Waals surface area contributed by atoms with Crippen molar-refractivity contribution in [1.29, 1.82) is 0 Å². The van der Waals surface area contributed by atoms with Gasteiger partial charge in [0.25, 0.3) is 5.91 Å². The molecular weight excluding hydrogens is 376 g/mol. The number of amides is 1. The number of nitrogens with one attached hydrogen (secondary N) is 1. The largest absolute Gasteiger partial charge is 0.378 e. The summed E-state index contributed by atoms with van der Waals surface area (Å²) in [6.45, 7) is 0. The Hall–Kier alpha value is -3.26. The first kappa shape index (κ1) is 18.5. The summed E-state index contributed by atoms with van der Waals surface area (Å²) in [5.74, 6) is -3.03. The summed E-state index contributed by atoms with van der Waals surface area (Å²) in [6, 6.07) is 16.1. The molecule has 0 aromatic heterocycles. The Morgan fingerprint density at radius 1 is 0.889 bits per heavy atom. The van der Waals surface area contributed by atoms with Gasteiger partial charge in [-0.2, -0.15) is 8.42 Å². The van der Waals surface area contributed by atoms with Crippen molar-refractivity contribution in [3.05, 3.63) is 90.0 Å². The van der Waals surface area contributed by atoms with Gasteiger partial charge in [0, 0.05) is 5.69 Å². The number of benzene rings is 3. The van der Waals surface area contributed by atoms with Gasteiger partial charge in [-0.05, 0) is 42.5 Å². The summed E-state index contributed by atoms with van der Waals surface area (Å²) in [5, 5.41) is 2.60. The van der Waals surface area contributed by atoms with Crippen LogP contribution in [0.4, 0.5) is 14.5 Å². The average Bonchev–Trinajstić information content (AvgIpc) is 2.64. The highest BCUT2D eigenvalue weighted by Gasteiger charge is 2.25. The molecule has 0 fully saturated rings. The van der Waals surface area contributed by atoms with Gasteiger partial charge < -0.3 is 9.50 Å². The lowest BCUT2D eigenvalue weighted by atomic mass is 10.2. The van der Waals surface area contributed by atoms with E-state index in [1.54, 1.807) is 30.3 Å². The van der Waals surface area contributed by atoms with Crippen molar-refractivity contribution in [2.75, 3.05) is 5.32 Å². The molecule has 5 nitrogen and oxygen atoms in total. The van der Waals surface area contributed by atoms with E-state index in [-0.39, 0.29) is 11.3 Å². The molecule has 0 heterocycles. The smallest absolute Gasteiger partial charge is 0.342 e. The van der Waals surface area contributed by atoms with Crippen LogP contribution in [-0.2, 0) is 10.1 Å². The first-order valence-corrected chi connectivity index (χ1v) is 9.12. The van der Waals surface area contributed by atoms with Crippen LogP contribution in [0.15, 0.2) is 77.7 Å². The molecule has 0 aliphatic rings. The number of hydrogen-bond acceptors (Lipinski definition) is 4. The van der Waals surface area contributed by atoms with Gasteiger partial charge >= 0.3 is 10.1 Å². The van der Waals surface area contributed by atoms with Crippen LogP contribution in [-0.4, -0.2) is 14.3 Å². The van der Waals surface area contributed by atoms with E-state index in [0.717, 1.165) is 6.07 Å². The number of anilines is 1. The van der Waals surface area contributed by atoms with E-state index in [2.05, 4.69) is 5.32 Å². The predicted molar refractivity (Wildman–Crippen MR) is 95.0 cm³/mol. The van der Waals surface area contributed by atoms with E-state index in [9.17, 15) is 22.0 Å². The third-order valence-corrected chi connectivity index (χ3v) is 4.78. The summed E-state index contributed by atoms with van der Waals surface area (Å²) in [5.41, 5.74) is 0.415. The maximum absolute atomic E-state index is 13.8. The second kappa shape index (κ2) is 7.55. The number of carbonyl (C=O) groups excluding carboxylic acids is 1. The molecule has 0 aliphatic carbocycles. The first-order valence-electron chi connectivity index (χ1n) is 7.72. The van der Waals surface area contributed by atoms with E-state index in [0.29, 0.717) is 17.8 Å². The minimum atomic E-state index is -4.69. The van der Waals surface area contributed by atoms with Gasteiger partial charge in [-0.1, -0.05) is 30.3 Å². The van der Waals surface area contributed by atoms with Gasteiger partial charge in [0.15, 0.2) is 5.75 Å². The zero-order chi connectivity index (χ0) is 19.4. The second-order valence-corrected chi connectivity index (χ2v) is 6.94. The minimum Gasteiger partial charge on any atom is -0.378 e. The lowest BCUT2D eigenvalue weighted by Crippen LogP contribution is -2.17. The quantitative estimate of drug-likeness (QED) is 0.670. The number of rotatable bonds is 5. The standard InChI is InChI=1S/C19H13F2NO4S/c20-13-10-11-16(21)18(12-13)27(24,25)26-17-9-5-4-8-15(17)19(23)22-14-6-2-1-3-7-14/h1-12H,(H,22,23). The summed E-state index contributed by atoms with van der Waals surface area (Å²) < 4.78 is 56.7. The SMILES string of the molecule is O=C(Nc1ccccc1)c1ccccc1OS(=O)(=O)c1cc(F)ccc1F. The van der Waals surface area contributed by atoms with Crippen LogP contribution in [0.5, 0.6) is 5.75 Å². The zero-order valence-corrected chi connectivity index (χ0v) is 14.5. The molecule has 1 N–H and O–H groups in total. The average molecular weight is 389 g/mol. The molecule has 0 radical (unpaired) electrons. The van der Waals surface area contributed by atoms with E-state index in [4.69, 9.17) is 4.18 Å². The Balaban J connectivity index is 1.92. The molecule has 3 rings (SSSR count). The van der Waals surface area contributed by atoms with E-state index in [1.165, 1.54) is 24.3 Å². The fraction of sp³-hybridized carbons (Fsp3) is 0. The van der Waals surface area contributed by atoms with Gasteiger partial charge in [0.1, 0.15) is 16.5 Å². The van der Waals surface area contributed by atoms with Crippen molar-refractivity contribution in [2.45, 2.75) is 4.90 Å². The summed E-state index contributed by atoms with van der Waals surface area (Å²) in [7, 11) is -4.69. The van der Waals surface area contributed by atoms with Crippen LogP contribution in [0, 0.1) is 11.6 Å². The highest BCUT2D eigenvalue weighted by Crippen LogP contribution is 2.25. The molecule has 0 aliphatic heterocycles. The van der Waals surface area contributed by atoms with E-state index >= 15 is 0 Å². The summed E-state index contributed by atoms with van der Waals surface area (Å²) in [4.78, 5) is 11.5. The van der Waals surface area contributed by atoms with Gasteiger partial charge in [-0.15, -0.1) is 0 Å². The van der Waals surface area contributed by atoms with Crippen molar-refractivity contribution in [3.63, 3.8) is 0 Å². The number of para-hydroxylation sites is 2. The maximum Gasteiger partial charge on any atom is 0.342 e. The molecule has 8 heteroatoms. The molecule has 0 unspecified atom stereocenters. The molecule has 0 spiro atoms. The summed E-state index contributed by atoms with van der Waals surface area (Å²) in [6.07, 6.45) is 0. The monoisotopic (exact) mass is 389 g/mol. The number of hydrogen-bond donors (Lipinski definition) is 1. The molecule has 1 amide bonds. The van der Waals surface area contributed by atoms with Gasteiger partial charge in [0.05, 0.1) is 5.56 Å². The number of halogens is 2. The van der Waals surface area contributed by atoms with E-state index in [1.807, 2.05) is 0 Å². The molecule has 0 bridgehead atoms. The van der Waals surface area contributed by atoms with Crippen LogP contribution in [0.1, 0.15) is 10.4 Å². The lowest BCUT2D eigenvalue weighted by molar-refractivity contribution is 0.102. The Morgan fingerprint density at radius 3 is 2.30 bits per heavy atom. The van der Waals surface area contributed by atoms with Crippen LogP contribution >= 0.6 is 0 Å². The van der Waals surface area contributed by atoms with Crippen LogP contribution in [0.3, 0.4) is 0 Å². The van der Waals surface area contributed by atoms with Crippen molar-refractivity contribution < 1.29 is 26.2 Å². The fourth-order valence-electron chi connectivity index (χ4n) is 2.28. The van der Waals surface area contributed by atoms with Gasteiger partial charge in [0.2, 0.25) is 0 Å². The predicted octanol–water partition coefficient (Wildman–Crippen LogP) is 3.98. The first-order chi connectivity index (χ1) is 12.9. The van der Waals surface area contributed by atoms with Gasteiger partial charge in [-0.3, -0.25) is 4.79 Å². The molecule has 3 aromatic rings. The Kier molecular flexibility index (Phi) is 5.18. The Morgan fingerprint density at radius 2 is 1.56 bits per heavy atom. The normalized spacial score (nSPS) is 11.0. The minimum absolute atomic E-state index is 0.0817. The molecule has 0 saturated carbocycles. The second-order valence-electron chi connectivity index (χ2n) is 5.43. The van der Waals surface area contributed by atoms with Crippen LogP contribution in [0.25, 0.3) is 0 Å².